The summed E-state index contributed by atoms with van der Waals surface area (Å²) in [5, 5.41) is 0. The summed E-state index contributed by atoms with van der Waals surface area (Å²) in [6, 6.07) is 0. The first-order valence-corrected chi connectivity index (χ1v) is 3.91. The molecular formula is C9H19. The maximum atomic E-state index is 3.82. The van der Waals surface area contributed by atoms with Crippen molar-refractivity contribution in [2.45, 2.75) is 46.5 Å². The summed E-state index contributed by atoms with van der Waals surface area (Å²) >= 11 is 0. The van der Waals surface area contributed by atoms with E-state index in [9.17, 15) is 0 Å². The van der Waals surface area contributed by atoms with E-state index in [1.165, 1.54) is 19.3 Å². The fourth-order valence-electron chi connectivity index (χ4n) is 0.780. The molecule has 0 aromatic rings. The van der Waals surface area contributed by atoms with Crippen LogP contribution in [0, 0.1) is 12.3 Å². The van der Waals surface area contributed by atoms with Gasteiger partial charge in [-0.1, -0.05) is 47.0 Å². The van der Waals surface area contributed by atoms with Gasteiger partial charge in [0.15, 0.2) is 0 Å². The van der Waals surface area contributed by atoms with Crippen LogP contribution in [0.15, 0.2) is 0 Å². The van der Waals surface area contributed by atoms with Gasteiger partial charge < -0.3 is 0 Å². The predicted octanol–water partition coefficient (Wildman–Crippen LogP) is 3.43. The van der Waals surface area contributed by atoms with Gasteiger partial charge in [0.2, 0.25) is 0 Å². The molecular weight excluding hydrogens is 108 g/mol. The van der Waals surface area contributed by atoms with Crippen LogP contribution in [-0.2, 0) is 0 Å². The molecule has 1 radical (unpaired) electrons. The van der Waals surface area contributed by atoms with Crippen LogP contribution in [0.25, 0.3) is 0 Å². The Bertz CT molecular complexity index is 62.4. The highest BCUT2D eigenvalue weighted by Crippen LogP contribution is 2.26. The van der Waals surface area contributed by atoms with E-state index in [4.69, 9.17) is 0 Å². The van der Waals surface area contributed by atoms with E-state index < -0.39 is 0 Å². The molecule has 0 spiro atoms. The van der Waals surface area contributed by atoms with E-state index in [0.717, 1.165) is 6.42 Å². The van der Waals surface area contributed by atoms with Crippen molar-refractivity contribution in [3.05, 3.63) is 6.92 Å². The smallest absolute Gasteiger partial charge is 0.0357 e. The molecule has 0 aliphatic heterocycles. The maximum Gasteiger partial charge on any atom is -0.0357 e. The van der Waals surface area contributed by atoms with Gasteiger partial charge in [0, 0.05) is 0 Å². The van der Waals surface area contributed by atoms with Gasteiger partial charge in [-0.25, -0.2) is 0 Å². The Labute approximate surface area is 59.7 Å². The van der Waals surface area contributed by atoms with E-state index in [1.54, 1.807) is 0 Å². The minimum absolute atomic E-state index is 0.553. The maximum absolute atomic E-state index is 3.82. The van der Waals surface area contributed by atoms with Crippen LogP contribution in [0.5, 0.6) is 0 Å². The lowest BCUT2D eigenvalue weighted by molar-refractivity contribution is 0.314. The molecule has 0 saturated carbocycles. The topological polar surface area (TPSA) is 0 Å². The standard InChI is InChI=1S/C9H19/c1-5-7-8-9(3,4)6-2/h1,5-8H2,2-4H3. The average Bonchev–Trinajstić information content (AvgIpc) is 1.84. The van der Waals surface area contributed by atoms with Crippen molar-refractivity contribution in [2.75, 3.05) is 0 Å². The summed E-state index contributed by atoms with van der Waals surface area (Å²) < 4.78 is 0. The van der Waals surface area contributed by atoms with Crippen molar-refractivity contribution in [1.82, 2.24) is 0 Å². The zero-order valence-electron chi connectivity index (χ0n) is 7.04. The van der Waals surface area contributed by atoms with Gasteiger partial charge in [-0.3, -0.25) is 0 Å². The monoisotopic (exact) mass is 127 g/mol. The number of rotatable bonds is 4. The number of unbranched alkanes of at least 4 members (excludes halogenated alkanes) is 1. The van der Waals surface area contributed by atoms with Gasteiger partial charge in [0.25, 0.3) is 0 Å². The molecule has 0 fully saturated rings. The Morgan fingerprint density at radius 3 is 2.22 bits per heavy atom. The Morgan fingerprint density at radius 2 is 1.89 bits per heavy atom. The van der Waals surface area contributed by atoms with E-state index >= 15 is 0 Å². The number of hydrogen-bond acceptors (Lipinski definition) is 0. The third-order valence-corrected chi connectivity index (χ3v) is 2.06. The van der Waals surface area contributed by atoms with Gasteiger partial charge >= 0.3 is 0 Å². The van der Waals surface area contributed by atoms with Crippen LogP contribution >= 0.6 is 0 Å². The lowest BCUT2D eigenvalue weighted by Crippen LogP contribution is -2.08. The van der Waals surface area contributed by atoms with Gasteiger partial charge in [0.1, 0.15) is 0 Å². The Morgan fingerprint density at radius 1 is 1.33 bits per heavy atom. The molecule has 9 heavy (non-hydrogen) atoms. The van der Waals surface area contributed by atoms with Crippen molar-refractivity contribution in [3.63, 3.8) is 0 Å². The summed E-state index contributed by atoms with van der Waals surface area (Å²) in [6.45, 7) is 10.7. The molecule has 0 amide bonds. The first kappa shape index (κ1) is 9.00. The lowest BCUT2D eigenvalue weighted by Gasteiger charge is -2.21. The summed E-state index contributed by atoms with van der Waals surface area (Å²) in [4.78, 5) is 0. The molecule has 0 heteroatoms. The summed E-state index contributed by atoms with van der Waals surface area (Å²) in [5.74, 6) is 0. The highest BCUT2D eigenvalue weighted by atomic mass is 14.2. The van der Waals surface area contributed by atoms with Gasteiger partial charge in [-0.15, -0.1) is 0 Å². The summed E-state index contributed by atoms with van der Waals surface area (Å²) in [6.07, 6.45) is 4.98. The molecule has 55 valence electrons. The van der Waals surface area contributed by atoms with E-state index in [0.29, 0.717) is 5.41 Å². The van der Waals surface area contributed by atoms with Crippen LogP contribution in [0.1, 0.15) is 46.5 Å². The zero-order chi connectivity index (χ0) is 7.33. The molecule has 0 N–H and O–H groups in total. The highest BCUT2D eigenvalue weighted by molar-refractivity contribution is 4.65. The summed E-state index contributed by atoms with van der Waals surface area (Å²) in [7, 11) is 0. The second-order valence-corrected chi connectivity index (χ2v) is 3.47. The minimum Gasteiger partial charge on any atom is -0.0649 e. The molecule has 0 aromatic heterocycles. The quantitative estimate of drug-likeness (QED) is 0.542. The third kappa shape index (κ3) is 4.50. The molecule has 0 aromatic carbocycles. The van der Waals surface area contributed by atoms with E-state index in [-0.39, 0.29) is 0 Å². The largest absolute Gasteiger partial charge is 0.0649 e. The SMILES string of the molecule is [CH2]CCCC(C)(C)CC. The van der Waals surface area contributed by atoms with Crippen LogP contribution in [0.3, 0.4) is 0 Å². The first-order valence-electron chi connectivity index (χ1n) is 3.91. The Kier molecular flexibility index (Phi) is 3.92. The first-order chi connectivity index (χ1) is 4.12. The van der Waals surface area contributed by atoms with Gasteiger partial charge in [-0.05, 0) is 11.8 Å². The number of hydrogen-bond donors (Lipinski definition) is 0. The van der Waals surface area contributed by atoms with Crippen molar-refractivity contribution in [1.29, 1.82) is 0 Å². The van der Waals surface area contributed by atoms with Crippen LogP contribution in [0.2, 0.25) is 0 Å². The molecule has 0 saturated heterocycles. The molecule has 0 rings (SSSR count). The third-order valence-electron chi connectivity index (χ3n) is 2.06. The average molecular weight is 127 g/mol. The molecule has 0 aliphatic rings. The van der Waals surface area contributed by atoms with Crippen molar-refractivity contribution < 1.29 is 0 Å². The van der Waals surface area contributed by atoms with Crippen molar-refractivity contribution in [3.8, 4) is 0 Å². The normalized spacial score (nSPS) is 12.0. The molecule has 0 unspecified atom stereocenters. The van der Waals surface area contributed by atoms with Crippen molar-refractivity contribution >= 4 is 0 Å². The molecule has 0 heterocycles. The summed E-state index contributed by atoms with van der Waals surface area (Å²) in [5.41, 5.74) is 0.553. The lowest BCUT2D eigenvalue weighted by atomic mass is 9.85. The fraction of sp³-hybridized carbons (Fsp3) is 0.889. The van der Waals surface area contributed by atoms with E-state index in [2.05, 4.69) is 27.7 Å². The van der Waals surface area contributed by atoms with Crippen LogP contribution < -0.4 is 0 Å². The van der Waals surface area contributed by atoms with Gasteiger partial charge in [0.05, 0.1) is 0 Å². The second kappa shape index (κ2) is 3.92. The minimum atomic E-state index is 0.553. The Hall–Kier alpha value is 0. The fourth-order valence-corrected chi connectivity index (χ4v) is 0.780. The second-order valence-electron chi connectivity index (χ2n) is 3.47. The van der Waals surface area contributed by atoms with E-state index in [1.807, 2.05) is 0 Å². The van der Waals surface area contributed by atoms with Crippen LogP contribution in [-0.4, -0.2) is 0 Å². The molecule has 0 aliphatic carbocycles. The highest BCUT2D eigenvalue weighted by Gasteiger charge is 2.12. The zero-order valence-corrected chi connectivity index (χ0v) is 7.04. The molecule has 0 bridgehead atoms. The van der Waals surface area contributed by atoms with Gasteiger partial charge in [-0.2, -0.15) is 0 Å². The van der Waals surface area contributed by atoms with Crippen molar-refractivity contribution in [2.24, 2.45) is 5.41 Å². The molecule has 0 atom stereocenters. The predicted molar refractivity (Wildman–Crippen MR) is 43.3 cm³/mol. The van der Waals surface area contributed by atoms with Crippen LogP contribution in [0.4, 0.5) is 0 Å². The Balaban J connectivity index is 3.33. The molecule has 0 nitrogen and oxygen atoms in total.